The van der Waals surface area contributed by atoms with Crippen molar-refractivity contribution in [3.63, 3.8) is 0 Å². The molecule has 5 aliphatic rings. The van der Waals surface area contributed by atoms with Gasteiger partial charge in [0, 0.05) is 5.92 Å². The van der Waals surface area contributed by atoms with Gasteiger partial charge in [0.1, 0.15) is 0 Å². The number of hydrogen-bond donors (Lipinski definition) is 1. The molecule has 3 saturated carbocycles. The lowest BCUT2D eigenvalue weighted by Gasteiger charge is -2.69. The van der Waals surface area contributed by atoms with Crippen molar-refractivity contribution in [2.45, 2.75) is 106 Å². The molecule has 5 rings (SSSR count). The number of esters is 1. The molecule has 0 aromatic carbocycles. The molecule has 0 heterocycles. The number of aliphatic hydroxyl groups excluding tert-OH is 1. The molecule has 5 aliphatic carbocycles. The molecular weight excluding hydrogens is 436 g/mol. The van der Waals surface area contributed by atoms with Gasteiger partial charge in [-0.1, -0.05) is 47.6 Å². The summed E-state index contributed by atoms with van der Waals surface area (Å²) in [6.45, 7) is 15.9. The molecule has 3 unspecified atom stereocenters. The lowest BCUT2D eigenvalue weighted by Crippen LogP contribution is -2.65. The zero-order valence-corrected chi connectivity index (χ0v) is 23.2. The van der Waals surface area contributed by atoms with E-state index in [1.54, 1.807) is 0 Å². The number of allylic oxidation sites excluding steroid dienone is 3. The molecule has 0 amide bonds. The second kappa shape index (κ2) is 7.33. The summed E-state index contributed by atoms with van der Waals surface area (Å²) >= 11 is 0. The summed E-state index contributed by atoms with van der Waals surface area (Å²) in [5, 5.41) is 10.9. The van der Waals surface area contributed by atoms with Crippen molar-refractivity contribution >= 4 is 11.8 Å². The molecule has 3 fully saturated rings. The number of fused-ring (bicyclic) bond motifs is 7. The lowest BCUT2D eigenvalue weighted by molar-refractivity contribution is -0.197. The molecule has 4 nitrogen and oxygen atoms in total. The maximum atomic E-state index is 14.3. The summed E-state index contributed by atoms with van der Waals surface area (Å²) in [6.07, 6.45) is 11.5. The van der Waals surface area contributed by atoms with Crippen LogP contribution in [0.4, 0.5) is 0 Å². The fourth-order valence-corrected chi connectivity index (χ4v) is 9.98. The van der Waals surface area contributed by atoms with Crippen LogP contribution in [-0.2, 0) is 14.3 Å². The Hall–Kier alpha value is -1.42. The van der Waals surface area contributed by atoms with Crippen LogP contribution in [0.3, 0.4) is 0 Å². The number of ketones is 1. The Morgan fingerprint density at radius 3 is 2.23 bits per heavy atom. The zero-order valence-electron chi connectivity index (χ0n) is 23.2. The van der Waals surface area contributed by atoms with Crippen molar-refractivity contribution in [1.82, 2.24) is 0 Å². The molecule has 0 spiro atoms. The average Bonchev–Trinajstić information content (AvgIpc) is 2.78. The number of ether oxygens (including phenoxy) is 1. The van der Waals surface area contributed by atoms with Crippen molar-refractivity contribution in [3.05, 3.63) is 23.3 Å². The number of aliphatic hydroxyl groups is 1. The van der Waals surface area contributed by atoms with Gasteiger partial charge in [0.2, 0.25) is 0 Å². The van der Waals surface area contributed by atoms with Gasteiger partial charge in [-0.15, -0.1) is 0 Å². The van der Waals surface area contributed by atoms with Crippen LogP contribution in [-0.4, -0.2) is 30.1 Å². The summed E-state index contributed by atoms with van der Waals surface area (Å²) in [6, 6.07) is 0. The Morgan fingerprint density at radius 1 is 0.914 bits per heavy atom. The van der Waals surface area contributed by atoms with Gasteiger partial charge >= 0.3 is 5.97 Å². The highest BCUT2D eigenvalue weighted by atomic mass is 16.5. The highest BCUT2D eigenvalue weighted by molar-refractivity contribution is 5.96. The van der Waals surface area contributed by atoms with Crippen molar-refractivity contribution in [2.24, 2.45) is 44.3 Å². The van der Waals surface area contributed by atoms with E-state index < -0.39 is 5.41 Å². The van der Waals surface area contributed by atoms with Gasteiger partial charge in [0.05, 0.1) is 18.6 Å². The predicted molar refractivity (Wildman–Crippen MR) is 137 cm³/mol. The maximum Gasteiger partial charge on any atom is 0.315 e. The first-order valence-corrected chi connectivity index (χ1v) is 13.9. The number of carbonyl (C=O) groups excluding carboxylic acids is 2. The third kappa shape index (κ3) is 3.01. The van der Waals surface area contributed by atoms with Gasteiger partial charge < -0.3 is 9.84 Å². The van der Waals surface area contributed by atoms with Crippen LogP contribution < -0.4 is 0 Å². The van der Waals surface area contributed by atoms with Crippen molar-refractivity contribution < 1.29 is 19.4 Å². The molecule has 0 bridgehead atoms. The molecular formula is C31H46O4. The first-order chi connectivity index (χ1) is 16.1. The van der Waals surface area contributed by atoms with Crippen LogP contribution in [0.2, 0.25) is 0 Å². The SMILES string of the molecule is COC(=O)[C@@]1(C)C=C2C3=CC(=O)C4[C@]5(C)CCC(O)C(C)(C)C5CC[C@]4(C)[C@]3(C)CC[C@]2(C)CC1. The first kappa shape index (κ1) is 25.2. The number of hydrogen-bond acceptors (Lipinski definition) is 4. The quantitative estimate of drug-likeness (QED) is 0.438. The highest BCUT2D eigenvalue weighted by Gasteiger charge is 2.69. The molecule has 0 aliphatic heterocycles. The van der Waals surface area contributed by atoms with Crippen LogP contribution in [0, 0.1) is 44.3 Å². The molecule has 194 valence electrons. The van der Waals surface area contributed by atoms with Gasteiger partial charge in [0.25, 0.3) is 0 Å². The van der Waals surface area contributed by atoms with Crippen molar-refractivity contribution in [3.8, 4) is 0 Å². The fourth-order valence-electron chi connectivity index (χ4n) is 9.98. The van der Waals surface area contributed by atoms with Gasteiger partial charge in [-0.2, -0.15) is 0 Å². The van der Waals surface area contributed by atoms with E-state index in [-0.39, 0.29) is 50.8 Å². The molecule has 0 aromatic rings. The highest BCUT2D eigenvalue weighted by Crippen LogP contribution is 2.74. The molecule has 8 atom stereocenters. The zero-order chi connectivity index (χ0) is 25.8. The summed E-state index contributed by atoms with van der Waals surface area (Å²) in [4.78, 5) is 27.0. The number of rotatable bonds is 1. The summed E-state index contributed by atoms with van der Waals surface area (Å²) in [7, 11) is 1.47. The Balaban J connectivity index is 1.67. The van der Waals surface area contributed by atoms with E-state index in [0.29, 0.717) is 5.92 Å². The molecule has 0 aromatic heterocycles. The van der Waals surface area contributed by atoms with E-state index in [2.05, 4.69) is 47.6 Å². The van der Waals surface area contributed by atoms with Gasteiger partial charge in [-0.3, -0.25) is 9.59 Å². The Morgan fingerprint density at radius 2 is 1.57 bits per heavy atom. The lowest BCUT2D eigenvalue weighted by atomic mass is 9.34. The van der Waals surface area contributed by atoms with E-state index >= 15 is 0 Å². The van der Waals surface area contributed by atoms with E-state index in [1.165, 1.54) is 18.3 Å². The van der Waals surface area contributed by atoms with Gasteiger partial charge in [-0.25, -0.2) is 0 Å². The van der Waals surface area contributed by atoms with E-state index in [4.69, 9.17) is 4.74 Å². The Kier molecular flexibility index (Phi) is 5.29. The fraction of sp³-hybridized carbons (Fsp3) is 0.806. The van der Waals surface area contributed by atoms with E-state index in [1.807, 2.05) is 13.0 Å². The molecule has 35 heavy (non-hydrogen) atoms. The smallest absolute Gasteiger partial charge is 0.315 e. The van der Waals surface area contributed by atoms with Crippen LogP contribution >= 0.6 is 0 Å². The predicted octanol–water partition coefficient (Wildman–Crippen LogP) is 6.42. The normalized spacial score (nSPS) is 50.5. The van der Waals surface area contributed by atoms with Crippen molar-refractivity contribution in [2.75, 3.05) is 7.11 Å². The van der Waals surface area contributed by atoms with Crippen LogP contribution in [0.1, 0.15) is 99.8 Å². The largest absolute Gasteiger partial charge is 0.468 e. The van der Waals surface area contributed by atoms with Gasteiger partial charge in [-0.05, 0) is 109 Å². The van der Waals surface area contributed by atoms with Crippen LogP contribution in [0.5, 0.6) is 0 Å². The summed E-state index contributed by atoms with van der Waals surface area (Å²) < 4.78 is 5.20. The molecule has 4 heteroatoms. The minimum Gasteiger partial charge on any atom is -0.468 e. The topological polar surface area (TPSA) is 63.6 Å². The van der Waals surface area contributed by atoms with Crippen molar-refractivity contribution in [1.29, 1.82) is 0 Å². The van der Waals surface area contributed by atoms with E-state index in [0.717, 1.165) is 51.4 Å². The third-order valence-corrected chi connectivity index (χ3v) is 12.6. The molecule has 0 radical (unpaired) electrons. The monoisotopic (exact) mass is 482 g/mol. The first-order valence-electron chi connectivity index (χ1n) is 13.9. The standard InChI is InChI=1S/C31H46O4/c1-26(2)22-9-12-31(7)24(29(22,5)11-10-23(26)33)21(32)17-19-20-18-28(4,25(34)35-8)14-13-27(20,3)15-16-30(19,31)6/h17-18,22-24,33H,9-16H2,1-8H3/t22?,23?,24?,27-,28+,29+,30+,31-/m0/s1. The Labute approximate surface area is 212 Å². The van der Waals surface area contributed by atoms with Crippen LogP contribution in [0.15, 0.2) is 23.3 Å². The number of carbonyl (C=O) groups is 2. The van der Waals surface area contributed by atoms with E-state index in [9.17, 15) is 14.7 Å². The minimum absolute atomic E-state index is 0.000392. The Bertz CT molecular complexity index is 1040. The second-order valence-corrected chi connectivity index (χ2v) is 14.6. The molecule has 0 saturated heterocycles. The molecule has 1 N–H and O–H groups in total. The summed E-state index contributed by atoms with van der Waals surface area (Å²) in [5.74, 6) is 0.400. The average molecular weight is 483 g/mol. The summed E-state index contributed by atoms with van der Waals surface area (Å²) in [5.41, 5.74) is 1.24. The minimum atomic E-state index is -0.642. The third-order valence-electron chi connectivity index (χ3n) is 12.6. The maximum absolute atomic E-state index is 14.3. The second-order valence-electron chi connectivity index (χ2n) is 14.6. The van der Waals surface area contributed by atoms with Gasteiger partial charge in [0.15, 0.2) is 5.78 Å². The number of methoxy groups -OCH3 is 1. The van der Waals surface area contributed by atoms with Crippen LogP contribution in [0.25, 0.3) is 0 Å².